The number of amides is 1. The summed E-state index contributed by atoms with van der Waals surface area (Å²) in [6.45, 7) is -1.75. The number of nitrogens with one attached hydrogen (secondary N) is 1. The van der Waals surface area contributed by atoms with Gasteiger partial charge in [0.15, 0.2) is 18.0 Å². The lowest BCUT2D eigenvalue weighted by Crippen LogP contribution is -2.66. The molecule has 0 heterocycles. The largest absolute Gasteiger partial charge is 0.508 e. The van der Waals surface area contributed by atoms with E-state index in [4.69, 9.17) is 10.5 Å². The van der Waals surface area contributed by atoms with E-state index < -0.39 is 76.6 Å². The first-order valence-corrected chi connectivity index (χ1v) is 11.9. The summed E-state index contributed by atoms with van der Waals surface area (Å²) in [5.74, 6) is -6.60. The molecule has 0 saturated heterocycles. The van der Waals surface area contributed by atoms with Gasteiger partial charge in [-0.3, -0.25) is 24.1 Å². The van der Waals surface area contributed by atoms with E-state index in [1.165, 1.54) is 17.0 Å². The number of hydroxylamine groups is 1. The normalized spacial score (nSPS) is 27.0. The number of primary amides is 1. The highest BCUT2D eigenvalue weighted by Crippen LogP contribution is 2.54. The Balaban J connectivity index is 1.84. The number of methoxy groups -OCH3 is 1. The van der Waals surface area contributed by atoms with E-state index in [1.54, 1.807) is 14.1 Å². The van der Waals surface area contributed by atoms with Gasteiger partial charge in [0.05, 0.1) is 11.6 Å². The number of rotatable bonds is 7. The Morgan fingerprint density at radius 2 is 1.90 bits per heavy atom. The molecule has 6 N–H and O–H groups in total. The van der Waals surface area contributed by atoms with E-state index in [2.05, 4.69) is 10.3 Å². The summed E-state index contributed by atoms with van der Waals surface area (Å²) < 4.78 is 42.9. The molecule has 3 aliphatic rings. The highest BCUT2D eigenvalue weighted by molar-refractivity contribution is 6.24. The number of phenolic OH excluding ortho intramolecular Hbond substituents is 1. The minimum absolute atomic E-state index is 0.0240. The number of hydrogen-bond donors (Lipinski definition) is 5. The van der Waals surface area contributed by atoms with Gasteiger partial charge in [0.1, 0.15) is 22.8 Å². The first-order valence-electron chi connectivity index (χ1n) is 11.9. The summed E-state index contributed by atoms with van der Waals surface area (Å²) in [5.41, 5.74) is 5.08. The fourth-order valence-electron chi connectivity index (χ4n) is 6.06. The van der Waals surface area contributed by atoms with Crippen molar-refractivity contribution in [1.82, 2.24) is 10.4 Å². The zero-order chi connectivity index (χ0) is 29.0. The first-order chi connectivity index (χ1) is 18.2. The van der Waals surface area contributed by atoms with Gasteiger partial charge in [-0.1, -0.05) is 6.07 Å². The number of nitrogens with zero attached hydrogens (tertiary/aromatic N) is 1. The van der Waals surface area contributed by atoms with Crippen molar-refractivity contribution in [2.45, 2.75) is 37.2 Å². The summed E-state index contributed by atoms with van der Waals surface area (Å²) in [7, 11) is 4.23. The van der Waals surface area contributed by atoms with Crippen molar-refractivity contribution in [3.8, 4) is 5.75 Å². The number of halogens is 3. The van der Waals surface area contributed by atoms with Gasteiger partial charge in [0.2, 0.25) is 5.78 Å². The number of likely N-dealkylation sites (N-methyl/N-ethyl adjacent to an activating group) is 1. The number of phenols is 1. The lowest BCUT2D eigenvalue weighted by molar-refractivity contribution is -0.190. The molecule has 4 rings (SSSR count). The Hall–Kier alpha value is -3.46. The van der Waals surface area contributed by atoms with Crippen LogP contribution in [0.4, 0.5) is 13.2 Å². The molecule has 39 heavy (non-hydrogen) atoms. The molecule has 1 aromatic rings. The Bertz CT molecular complexity index is 1310. The molecule has 0 radical (unpaired) electrons. The molecule has 1 amide bonds. The van der Waals surface area contributed by atoms with Crippen LogP contribution in [0.25, 0.3) is 5.76 Å². The number of nitrogens with two attached hydrogens (primary N) is 1. The molecule has 1 fully saturated rings. The second kappa shape index (κ2) is 9.93. The zero-order valence-corrected chi connectivity index (χ0v) is 21.3. The first kappa shape index (κ1) is 28.5. The molecule has 4 atom stereocenters. The van der Waals surface area contributed by atoms with Crippen LogP contribution >= 0.6 is 0 Å². The smallest absolute Gasteiger partial charge is 0.413 e. The number of hydrogen-bond acceptors (Lipinski definition) is 10. The molecule has 1 saturated carbocycles. The predicted octanol–water partition coefficient (Wildman–Crippen LogP) is 1.20. The summed E-state index contributed by atoms with van der Waals surface area (Å²) in [6, 6.07) is 1.56. The van der Waals surface area contributed by atoms with Crippen LogP contribution < -0.4 is 11.2 Å². The van der Waals surface area contributed by atoms with Gasteiger partial charge < -0.3 is 25.8 Å². The average molecular weight is 556 g/mol. The van der Waals surface area contributed by atoms with Crippen molar-refractivity contribution in [3.63, 3.8) is 0 Å². The van der Waals surface area contributed by atoms with Crippen LogP contribution in [0.15, 0.2) is 29.0 Å². The van der Waals surface area contributed by atoms with Crippen LogP contribution in [0, 0.1) is 11.8 Å². The molecule has 212 valence electrons. The molecule has 11 nitrogen and oxygen atoms in total. The lowest BCUT2D eigenvalue weighted by atomic mass is 9.57. The molecular formula is C25H28F3N3O8. The SMILES string of the molecule is CO[C@]12C(=O)C3=C(O)c4c(O)ccc(CNOCC(F)(F)F)c4C[C@H]3C[C@H]1[C@@H](N(C)C)C(=O)C(C(N)=O)=C2O. The maximum absolute atomic E-state index is 14.1. The van der Waals surface area contributed by atoms with E-state index in [9.17, 15) is 42.9 Å². The van der Waals surface area contributed by atoms with E-state index in [0.29, 0.717) is 11.1 Å². The standard InChI is InChI=1S/C25H28F3N3O8/c1-31(2)18-13-7-11-6-12-10(8-30-39-9-24(26,27)28)4-5-14(32)16(12)19(33)15(11)21(35)25(13,38-3)22(36)17(20(18)34)23(29)37/h4-5,11,13,18,30,32-33,36H,6-9H2,1-3H3,(H2,29,37)/t11-,13-,18+,25-/m0/s1. The average Bonchev–Trinajstić information content (AvgIpc) is 2.82. The number of aromatic hydroxyl groups is 1. The van der Waals surface area contributed by atoms with Crippen LogP contribution in [0.1, 0.15) is 23.1 Å². The molecule has 1 aromatic carbocycles. The number of fused-ring (bicyclic) bond motifs is 3. The van der Waals surface area contributed by atoms with Gasteiger partial charge in [0.25, 0.3) is 5.91 Å². The van der Waals surface area contributed by atoms with Crippen LogP contribution in [0.5, 0.6) is 5.75 Å². The molecule has 0 bridgehead atoms. The van der Waals surface area contributed by atoms with E-state index in [0.717, 1.165) is 7.11 Å². The number of ketones is 2. The number of aliphatic hydroxyl groups excluding tert-OH is 2. The lowest BCUT2D eigenvalue weighted by Gasteiger charge is -2.52. The molecule has 0 spiro atoms. The molecule has 0 aromatic heterocycles. The van der Waals surface area contributed by atoms with Gasteiger partial charge in [0, 0.05) is 25.1 Å². The van der Waals surface area contributed by atoms with Crippen molar-refractivity contribution in [2.24, 2.45) is 17.6 Å². The molecule has 0 aliphatic heterocycles. The predicted molar refractivity (Wildman–Crippen MR) is 128 cm³/mol. The zero-order valence-electron chi connectivity index (χ0n) is 21.3. The monoisotopic (exact) mass is 555 g/mol. The quantitative estimate of drug-likeness (QED) is 0.187. The second-order valence-electron chi connectivity index (χ2n) is 9.96. The van der Waals surface area contributed by atoms with Crippen LogP contribution in [0.3, 0.4) is 0 Å². The third kappa shape index (κ3) is 4.46. The topological polar surface area (TPSA) is 172 Å². The van der Waals surface area contributed by atoms with Gasteiger partial charge >= 0.3 is 6.18 Å². The number of carbonyl (C=O) groups is 3. The molecule has 14 heteroatoms. The number of alkyl halides is 3. The Morgan fingerprint density at radius 3 is 2.46 bits per heavy atom. The summed E-state index contributed by atoms with van der Waals surface area (Å²) in [6.07, 6.45) is -4.47. The van der Waals surface area contributed by atoms with Crippen molar-refractivity contribution in [1.29, 1.82) is 0 Å². The Kier molecular flexibility index (Phi) is 7.27. The fraction of sp³-hybridized carbons (Fsp3) is 0.480. The third-order valence-corrected chi connectivity index (χ3v) is 7.59. The van der Waals surface area contributed by atoms with E-state index in [-0.39, 0.29) is 30.5 Å². The Morgan fingerprint density at radius 1 is 1.23 bits per heavy atom. The number of aliphatic hydroxyl groups is 2. The van der Waals surface area contributed by atoms with Crippen molar-refractivity contribution >= 4 is 23.2 Å². The van der Waals surface area contributed by atoms with E-state index >= 15 is 0 Å². The van der Waals surface area contributed by atoms with Crippen LogP contribution in [-0.2, 0) is 36.9 Å². The van der Waals surface area contributed by atoms with Gasteiger partial charge in [-0.05, 0) is 50.0 Å². The molecular weight excluding hydrogens is 527 g/mol. The summed E-state index contributed by atoms with van der Waals surface area (Å²) in [4.78, 5) is 45.4. The van der Waals surface area contributed by atoms with Crippen LogP contribution in [-0.4, -0.2) is 83.3 Å². The summed E-state index contributed by atoms with van der Waals surface area (Å²) >= 11 is 0. The number of Topliss-reactive ketones (excluding diaryl/α,β-unsaturated/α-hetero) is 2. The minimum Gasteiger partial charge on any atom is -0.508 e. The Labute approximate surface area is 220 Å². The fourth-order valence-corrected chi connectivity index (χ4v) is 6.06. The van der Waals surface area contributed by atoms with Gasteiger partial charge in [-0.2, -0.15) is 18.7 Å². The van der Waals surface area contributed by atoms with Crippen molar-refractivity contribution in [3.05, 3.63) is 45.7 Å². The van der Waals surface area contributed by atoms with Gasteiger partial charge in [-0.25, -0.2) is 0 Å². The molecule has 3 aliphatic carbocycles. The van der Waals surface area contributed by atoms with Crippen molar-refractivity contribution < 1.29 is 52.4 Å². The molecule has 0 unspecified atom stereocenters. The second-order valence-corrected chi connectivity index (χ2v) is 9.96. The maximum Gasteiger partial charge on any atom is 0.413 e. The highest BCUT2D eigenvalue weighted by Gasteiger charge is 2.65. The van der Waals surface area contributed by atoms with Crippen molar-refractivity contribution in [2.75, 3.05) is 27.8 Å². The van der Waals surface area contributed by atoms with E-state index in [1.807, 2.05) is 0 Å². The van der Waals surface area contributed by atoms with Gasteiger partial charge in [-0.15, -0.1) is 0 Å². The maximum atomic E-state index is 14.1. The number of benzene rings is 1. The number of carbonyl (C=O) groups excluding carboxylic acids is 3. The third-order valence-electron chi connectivity index (χ3n) is 7.59. The number of ether oxygens (including phenoxy) is 1. The highest BCUT2D eigenvalue weighted by atomic mass is 19.4. The van der Waals surface area contributed by atoms with Crippen LogP contribution in [0.2, 0.25) is 0 Å². The minimum atomic E-state index is -4.55. The summed E-state index contributed by atoms with van der Waals surface area (Å²) in [5, 5.41) is 33.0.